The van der Waals surface area contributed by atoms with Crippen LogP contribution in [0.1, 0.15) is 67.3 Å². The zero-order valence-electron chi connectivity index (χ0n) is 16.8. The number of hydrogen-bond donors (Lipinski definition) is 1. The number of aryl methyl sites for hydroxylation is 1. The topological polar surface area (TPSA) is 42.0 Å². The molecule has 0 spiro atoms. The molecule has 1 heterocycles. The molecule has 0 bridgehead atoms. The van der Waals surface area contributed by atoms with Gasteiger partial charge < -0.3 is 5.32 Å². The fourth-order valence-corrected chi connectivity index (χ4v) is 3.20. The highest BCUT2D eigenvalue weighted by atomic mass is 16.1. The number of carbonyl (C=O) groups is 1. The van der Waals surface area contributed by atoms with Crippen LogP contribution >= 0.6 is 0 Å². The normalized spacial score (nSPS) is 12.8. The highest BCUT2D eigenvalue weighted by molar-refractivity contribution is 5.98. The number of aromatic nitrogens is 1. The molecule has 2 aromatic carbocycles. The standard InChI is InChI=1S/C24H28N2O/c1-6-22(20-8-7-16(2)25-15-20)26-23(27)19-10-9-18-14-21(24(3,4)5)12-11-17(18)13-19/h7-15,22H,6H2,1-5H3,(H,26,27)/t22-/m1/s1. The Morgan fingerprint density at radius 2 is 1.74 bits per heavy atom. The van der Waals surface area contributed by atoms with Gasteiger partial charge >= 0.3 is 0 Å². The maximum Gasteiger partial charge on any atom is 0.251 e. The molecule has 0 saturated heterocycles. The van der Waals surface area contributed by atoms with E-state index < -0.39 is 0 Å². The number of hydrogen-bond acceptors (Lipinski definition) is 2. The third-order valence-electron chi connectivity index (χ3n) is 5.02. The first-order chi connectivity index (χ1) is 12.8. The summed E-state index contributed by atoms with van der Waals surface area (Å²) in [4.78, 5) is 17.1. The van der Waals surface area contributed by atoms with Gasteiger partial charge in [0.05, 0.1) is 6.04 Å². The minimum absolute atomic E-state index is 0.0374. The van der Waals surface area contributed by atoms with E-state index in [0.29, 0.717) is 5.56 Å². The zero-order valence-corrected chi connectivity index (χ0v) is 16.8. The van der Waals surface area contributed by atoms with Gasteiger partial charge in [-0.3, -0.25) is 9.78 Å². The van der Waals surface area contributed by atoms with Crippen LogP contribution in [0.3, 0.4) is 0 Å². The predicted molar refractivity (Wildman–Crippen MR) is 112 cm³/mol. The van der Waals surface area contributed by atoms with Gasteiger partial charge in [-0.2, -0.15) is 0 Å². The molecule has 0 aliphatic rings. The van der Waals surface area contributed by atoms with E-state index in [9.17, 15) is 4.79 Å². The van der Waals surface area contributed by atoms with Gasteiger partial charge in [0.1, 0.15) is 0 Å². The Kier molecular flexibility index (Phi) is 5.31. The Morgan fingerprint density at radius 3 is 2.37 bits per heavy atom. The lowest BCUT2D eigenvalue weighted by Crippen LogP contribution is -2.28. The maximum atomic E-state index is 12.8. The average molecular weight is 361 g/mol. The molecule has 3 aromatic rings. The van der Waals surface area contributed by atoms with Crippen LogP contribution < -0.4 is 5.32 Å². The summed E-state index contributed by atoms with van der Waals surface area (Å²) in [7, 11) is 0. The highest BCUT2D eigenvalue weighted by Gasteiger charge is 2.16. The summed E-state index contributed by atoms with van der Waals surface area (Å²) < 4.78 is 0. The maximum absolute atomic E-state index is 12.8. The third kappa shape index (κ3) is 4.36. The van der Waals surface area contributed by atoms with Crippen molar-refractivity contribution in [2.45, 2.75) is 52.5 Å². The van der Waals surface area contributed by atoms with Crippen LogP contribution in [0.2, 0.25) is 0 Å². The molecule has 0 aliphatic heterocycles. The molecule has 27 heavy (non-hydrogen) atoms. The number of benzene rings is 2. The van der Waals surface area contributed by atoms with Gasteiger partial charge in [-0.05, 0) is 58.9 Å². The second-order valence-electron chi connectivity index (χ2n) is 8.19. The zero-order chi connectivity index (χ0) is 19.6. The van der Waals surface area contributed by atoms with Crippen molar-refractivity contribution in [1.82, 2.24) is 10.3 Å². The lowest BCUT2D eigenvalue weighted by atomic mass is 9.86. The van der Waals surface area contributed by atoms with Crippen molar-refractivity contribution < 1.29 is 4.79 Å². The molecule has 1 aromatic heterocycles. The Balaban J connectivity index is 1.83. The van der Waals surface area contributed by atoms with Crippen molar-refractivity contribution in [3.05, 3.63) is 77.1 Å². The van der Waals surface area contributed by atoms with Crippen molar-refractivity contribution in [2.75, 3.05) is 0 Å². The third-order valence-corrected chi connectivity index (χ3v) is 5.02. The van der Waals surface area contributed by atoms with E-state index in [1.54, 1.807) is 0 Å². The molecule has 0 radical (unpaired) electrons. The quantitative estimate of drug-likeness (QED) is 0.646. The lowest BCUT2D eigenvalue weighted by molar-refractivity contribution is 0.0935. The van der Waals surface area contributed by atoms with Crippen LogP contribution in [0.4, 0.5) is 0 Å². The average Bonchev–Trinajstić information content (AvgIpc) is 2.65. The minimum Gasteiger partial charge on any atom is -0.345 e. The molecule has 1 N–H and O–H groups in total. The summed E-state index contributed by atoms with van der Waals surface area (Å²) in [6.45, 7) is 10.7. The van der Waals surface area contributed by atoms with E-state index in [1.807, 2.05) is 43.5 Å². The molecule has 0 unspecified atom stereocenters. The second kappa shape index (κ2) is 7.51. The summed E-state index contributed by atoms with van der Waals surface area (Å²) in [5.74, 6) is -0.0516. The minimum atomic E-state index is -0.0516. The fourth-order valence-electron chi connectivity index (χ4n) is 3.20. The van der Waals surface area contributed by atoms with Crippen molar-refractivity contribution in [2.24, 2.45) is 0 Å². The van der Waals surface area contributed by atoms with Crippen molar-refractivity contribution in [1.29, 1.82) is 0 Å². The van der Waals surface area contributed by atoms with E-state index in [2.05, 4.69) is 56.2 Å². The van der Waals surface area contributed by atoms with Crippen LogP contribution in [0, 0.1) is 6.92 Å². The van der Waals surface area contributed by atoms with Crippen molar-refractivity contribution in [3.8, 4) is 0 Å². The van der Waals surface area contributed by atoms with Gasteiger partial charge in [-0.25, -0.2) is 0 Å². The fraction of sp³-hybridized carbons (Fsp3) is 0.333. The van der Waals surface area contributed by atoms with Crippen LogP contribution in [-0.4, -0.2) is 10.9 Å². The van der Waals surface area contributed by atoms with E-state index in [1.165, 1.54) is 5.56 Å². The van der Waals surface area contributed by atoms with E-state index in [4.69, 9.17) is 0 Å². The molecular weight excluding hydrogens is 332 g/mol. The Morgan fingerprint density at radius 1 is 1.04 bits per heavy atom. The molecule has 140 valence electrons. The molecular formula is C24H28N2O. The van der Waals surface area contributed by atoms with Gasteiger partial charge in [-0.15, -0.1) is 0 Å². The first-order valence-corrected chi connectivity index (χ1v) is 9.55. The van der Waals surface area contributed by atoms with Crippen LogP contribution in [0.5, 0.6) is 0 Å². The molecule has 3 heteroatoms. The molecule has 0 fully saturated rings. The molecule has 1 atom stereocenters. The van der Waals surface area contributed by atoms with E-state index >= 15 is 0 Å². The highest BCUT2D eigenvalue weighted by Crippen LogP contribution is 2.27. The largest absolute Gasteiger partial charge is 0.345 e. The molecule has 1 amide bonds. The monoisotopic (exact) mass is 360 g/mol. The van der Waals surface area contributed by atoms with Crippen molar-refractivity contribution in [3.63, 3.8) is 0 Å². The Hall–Kier alpha value is -2.68. The number of nitrogens with one attached hydrogen (secondary N) is 1. The number of rotatable bonds is 4. The number of carbonyl (C=O) groups excluding carboxylic acids is 1. The van der Waals surface area contributed by atoms with Gasteiger partial charge in [0.15, 0.2) is 0 Å². The summed E-state index contributed by atoms with van der Waals surface area (Å²) in [5, 5.41) is 5.38. The van der Waals surface area contributed by atoms with E-state index in [0.717, 1.165) is 28.5 Å². The number of pyridine rings is 1. The Labute approximate surface area is 161 Å². The van der Waals surface area contributed by atoms with Crippen LogP contribution in [0.25, 0.3) is 10.8 Å². The summed E-state index contributed by atoms with van der Waals surface area (Å²) in [6, 6.07) is 16.4. The van der Waals surface area contributed by atoms with Crippen LogP contribution in [0.15, 0.2) is 54.7 Å². The summed E-state index contributed by atoms with van der Waals surface area (Å²) in [5.41, 5.74) is 4.10. The predicted octanol–water partition coefficient (Wildman–Crippen LogP) is 5.72. The molecule has 3 rings (SSSR count). The number of amides is 1. The van der Waals surface area contributed by atoms with Crippen LogP contribution in [-0.2, 0) is 5.41 Å². The first kappa shape index (κ1) is 19.1. The summed E-state index contributed by atoms with van der Waals surface area (Å²) in [6.07, 6.45) is 2.66. The number of nitrogens with zero attached hydrogens (tertiary/aromatic N) is 1. The Bertz CT molecular complexity index is 952. The van der Waals surface area contributed by atoms with Gasteiger partial charge in [-0.1, -0.05) is 58.0 Å². The van der Waals surface area contributed by atoms with E-state index in [-0.39, 0.29) is 17.4 Å². The van der Waals surface area contributed by atoms with Gasteiger partial charge in [0.2, 0.25) is 0 Å². The molecule has 3 nitrogen and oxygen atoms in total. The SMILES string of the molecule is CC[C@@H](NC(=O)c1ccc2cc(C(C)(C)C)ccc2c1)c1ccc(C)nc1. The molecule has 0 aliphatic carbocycles. The number of fused-ring (bicyclic) bond motifs is 1. The van der Waals surface area contributed by atoms with Gasteiger partial charge in [0.25, 0.3) is 5.91 Å². The second-order valence-corrected chi connectivity index (χ2v) is 8.19. The van der Waals surface area contributed by atoms with Crippen molar-refractivity contribution >= 4 is 16.7 Å². The smallest absolute Gasteiger partial charge is 0.251 e. The summed E-state index contributed by atoms with van der Waals surface area (Å²) >= 11 is 0. The van der Waals surface area contributed by atoms with Gasteiger partial charge in [0, 0.05) is 17.5 Å². The first-order valence-electron chi connectivity index (χ1n) is 9.55. The molecule has 0 saturated carbocycles. The lowest BCUT2D eigenvalue weighted by Gasteiger charge is -2.20.